The molecule has 0 spiro atoms. The van der Waals surface area contributed by atoms with Crippen LogP contribution in [0.4, 0.5) is 24.5 Å². The second kappa shape index (κ2) is 5.25. The van der Waals surface area contributed by atoms with E-state index in [0.29, 0.717) is 0 Å². The number of rotatable bonds is 4. The van der Waals surface area contributed by atoms with E-state index in [1.54, 1.807) is 0 Å². The molecule has 0 atom stereocenters. The van der Waals surface area contributed by atoms with Gasteiger partial charge in [0.15, 0.2) is 0 Å². The van der Waals surface area contributed by atoms with Crippen molar-refractivity contribution in [3.63, 3.8) is 0 Å². The molecule has 0 bridgehead atoms. The van der Waals surface area contributed by atoms with Crippen molar-refractivity contribution in [2.75, 3.05) is 24.2 Å². The van der Waals surface area contributed by atoms with Crippen LogP contribution in [0.25, 0.3) is 0 Å². The number of hydrogen-bond donors (Lipinski definition) is 2. The highest BCUT2D eigenvalue weighted by molar-refractivity contribution is 7.89. The lowest BCUT2D eigenvalue weighted by molar-refractivity contribution is -0.132. The summed E-state index contributed by atoms with van der Waals surface area (Å²) in [6, 6.07) is 3.64. The molecule has 4 N–H and O–H groups in total. The Hall–Kier alpha value is -1.48. The summed E-state index contributed by atoms with van der Waals surface area (Å²) < 4.78 is 58.7. The molecule has 0 unspecified atom stereocenters. The first kappa shape index (κ1) is 15.6. The molecule has 0 radical (unpaired) electrons. The second-order valence-corrected chi connectivity index (χ2v) is 5.61. The van der Waals surface area contributed by atoms with Gasteiger partial charge in [0.2, 0.25) is 10.0 Å². The molecular weight excluding hydrogens is 283 g/mol. The number of nitrogens with zero attached hydrogens (tertiary/aromatic N) is 1. The molecule has 19 heavy (non-hydrogen) atoms. The SMILES string of the molecule is CN(CCC(F)(F)F)c1cc(S(N)(=O)=O)ccc1N. The van der Waals surface area contributed by atoms with Gasteiger partial charge in [-0.15, -0.1) is 0 Å². The van der Waals surface area contributed by atoms with Gasteiger partial charge in [-0.2, -0.15) is 13.2 Å². The van der Waals surface area contributed by atoms with Crippen molar-refractivity contribution in [2.45, 2.75) is 17.5 Å². The van der Waals surface area contributed by atoms with Crippen LogP contribution in [0.5, 0.6) is 0 Å². The lowest BCUT2D eigenvalue weighted by Crippen LogP contribution is -2.25. The van der Waals surface area contributed by atoms with Gasteiger partial charge < -0.3 is 10.6 Å². The topological polar surface area (TPSA) is 89.4 Å². The molecule has 0 aromatic heterocycles. The average molecular weight is 297 g/mol. The maximum absolute atomic E-state index is 12.1. The Morgan fingerprint density at radius 1 is 1.32 bits per heavy atom. The van der Waals surface area contributed by atoms with Crippen LogP contribution in [-0.2, 0) is 10.0 Å². The first-order valence-electron chi connectivity index (χ1n) is 5.21. The first-order chi connectivity index (χ1) is 8.50. The van der Waals surface area contributed by atoms with E-state index in [1.807, 2.05) is 0 Å². The van der Waals surface area contributed by atoms with Crippen LogP contribution in [0, 0.1) is 0 Å². The monoisotopic (exact) mass is 297 g/mol. The predicted octanol–water partition coefficient (Wildman–Crippen LogP) is 1.30. The number of benzene rings is 1. The van der Waals surface area contributed by atoms with Crippen molar-refractivity contribution in [3.05, 3.63) is 18.2 Å². The zero-order valence-electron chi connectivity index (χ0n) is 10.1. The molecule has 0 aliphatic rings. The summed E-state index contributed by atoms with van der Waals surface area (Å²) in [6.07, 6.45) is -5.32. The highest BCUT2D eigenvalue weighted by Crippen LogP contribution is 2.27. The molecule has 5 nitrogen and oxygen atoms in total. The molecule has 0 fully saturated rings. The third-order valence-electron chi connectivity index (χ3n) is 2.47. The number of hydrogen-bond acceptors (Lipinski definition) is 4. The summed E-state index contributed by atoms with van der Waals surface area (Å²) in [5.41, 5.74) is 5.98. The summed E-state index contributed by atoms with van der Waals surface area (Å²) in [7, 11) is -2.53. The third-order valence-corrected chi connectivity index (χ3v) is 3.38. The normalized spacial score (nSPS) is 12.5. The standard InChI is InChI=1S/C10H14F3N3O2S/c1-16(5-4-10(11,12)13)9-6-7(19(15,17)18)2-3-8(9)14/h2-3,6H,4-5,14H2,1H3,(H2,15,17,18). The molecule has 0 saturated carbocycles. The van der Waals surface area contributed by atoms with Gasteiger partial charge in [0, 0.05) is 13.6 Å². The molecule has 0 heterocycles. The minimum atomic E-state index is -4.29. The largest absolute Gasteiger partial charge is 0.397 e. The molecule has 0 aliphatic heterocycles. The van der Waals surface area contributed by atoms with Crippen LogP contribution >= 0.6 is 0 Å². The van der Waals surface area contributed by atoms with Gasteiger partial charge in [-0.3, -0.25) is 0 Å². The highest BCUT2D eigenvalue weighted by Gasteiger charge is 2.27. The lowest BCUT2D eigenvalue weighted by Gasteiger charge is -2.22. The Morgan fingerprint density at radius 3 is 2.37 bits per heavy atom. The molecule has 0 aliphatic carbocycles. The van der Waals surface area contributed by atoms with Gasteiger partial charge in [-0.1, -0.05) is 0 Å². The van der Waals surface area contributed by atoms with Crippen LogP contribution in [0.3, 0.4) is 0 Å². The summed E-state index contributed by atoms with van der Waals surface area (Å²) >= 11 is 0. The Bertz CT molecular complexity index is 558. The van der Waals surface area contributed by atoms with Crippen molar-refractivity contribution < 1.29 is 21.6 Å². The molecular formula is C10H14F3N3O2S. The van der Waals surface area contributed by atoms with Gasteiger partial charge >= 0.3 is 6.18 Å². The summed E-state index contributed by atoms with van der Waals surface area (Å²) in [6.45, 7) is -0.332. The quantitative estimate of drug-likeness (QED) is 0.820. The van der Waals surface area contributed by atoms with E-state index in [1.165, 1.54) is 24.1 Å². The zero-order chi connectivity index (χ0) is 14.8. The number of halogens is 3. The summed E-state index contributed by atoms with van der Waals surface area (Å²) in [5.74, 6) is 0. The molecule has 1 aromatic rings. The van der Waals surface area contributed by atoms with Crippen molar-refractivity contribution in [1.29, 1.82) is 0 Å². The fourth-order valence-electron chi connectivity index (χ4n) is 1.45. The third kappa shape index (κ3) is 4.60. The number of nitrogen functional groups attached to an aromatic ring is 1. The number of alkyl halides is 3. The average Bonchev–Trinajstić information content (AvgIpc) is 2.24. The van der Waals surface area contributed by atoms with Gasteiger partial charge in [-0.05, 0) is 18.2 Å². The molecule has 1 rings (SSSR count). The van der Waals surface area contributed by atoms with E-state index in [9.17, 15) is 21.6 Å². The van der Waals surface area contributed by atoms with Gasteiger partial charge in [0.1, 0.15) is 0 Å². The lowest BCUT2D eigenvalue weighted by atomic mass is 10.2. The number of anilines is 2. The van der Waals surface area contributed by atoms with E-state index in [2.05, 4.69) is 0 Å². The number of primary sulfonamides is 1. The Kier molecular flexibility index (Phi) is 4.31. The van der Waals surface area contributed by atoms with E-state index in [0.717, 1.165) is 6.07 Å². The Balaban J connectivity index is 2.99. The molecule has 108 valence electrons. The first-order valence-corrected chi connectivity index (χ1v) is 6.75. The Morgan fingerprint density at radius 2 is 1.89 bits per heavy atom. The minimum Gasteiger partial charge on any atom is -0.397 e. The number of nitrogens with two attached hydrogens (primary N) is 2. The van der Waals surface area contributed by atoms with Crippen LogP contribution < -0.4 is 15.8 Å². The number of sulfonamides is 1. The van der Waals surface area contributed by atoms with Crippen LogP contribution in [0.2, 0.25) is 0 Å². The van der Waals surface area contributed by atoms with Crippen LogP contribution in [0.1, 0.15) is 6.42 Å². The van der Waals surface area contributed by atoms with Crippen molar-refractivity contribution in [3.8, 4) is 0 Å². The molecule has 9 heteroatoms. The zero-order valence-corrected chi connectivity index (χ0v) is 10.9. The fourth-order valence-corrected chi connectivity index (χ4v) is 1.98. The van der Waals surface area contributed by atoms with E-state index in [4.69, 9.17) is 10.9 Å². The Labute approximate surface area is 109 Å². The maximum Gasteiger partial charge on any atom is 0.390 e. The minimum absolute atomic E-state index is 0.178. The van der Waals surface area contributed by atoms with Crippen LogP contribution in [0.15, 0.2) is 23.1 Å². The van der Waals surface area contributed by atoms with E-state index >= 15 is 0 Å². The van der Waals surface area contributed by atoms with Gasteiger partial charge in [-0.25, -0.2) is 13.6 Å². The van der Waals surface area contributed by atoms with Crippen molar-refractivity contribution >= 4 is 21.4 Å². The van der Waals surface area contributed by atoms with E-state index in [-0.39, 0.29) is 22.8 Å². The van der Waals surface area contributed by atoms with Crippen molar-refractivity contribution in [2.24, 2.45) is 5.14 Å². The summed E-state index contributed by atoms with van der Waals surface area (Å²) in [5, 5.41) is 4.95. The second-order valence-electron chi connectivity index (χ2n) is 4.05. The van der Waals surface area contributed by atoms with Crippen LogP contribution in [-0.4, -0.2) is 28.2 Å². The molecule has 0 saturated heterocycles. The van der Waals surface area contributed by atoms with Crippen molar-refractivity contribution in [1.82, 2.24) is 0 Å². The van der Waals surface area contributed by atoms with E-state index < -0.39 is 22.6 Å². The molecule has 0 amide bonds. The fraction of sp³-hybridized carbons (Fsp3) is 0.400. The maximum atomic E-state index is 12.1. The highest BCUT2D eigenvalue weighted by atomic mass is 32.2. The smallest absolute Gasteiger partial charge is 0.390 e. The molecule has 1 aromatic carbocycles. The summed E-state index contributed by atoms with van der Waals surface area (Å²) in [4.78, 5) is 1.04. The van der Waals surface area contributed by atoms with Gasteiger partial charge in [0.25, 0.3) is 0 Å². The van der Waals surface area contributed by atoms with Gasteiger partial charge in [0.05, 0.1) is 22.7 Å². The predicted molar refractivity (Wildman–Crippen MR) is 66.2 cm³/mol.